The number of rotatable bonds is 6. The largest absolute Gasteiger partial charge is 0.381 e. The zero-order valence-electron chi connectivity index (χ0n) is 15.8. The summed E-state index contributed by atoms with van der Waals surface area (Å²) in [5.41, 5.74) is 1.78. The summed E-state index contributed by atoms with van der Waals surface area (Å²) in [5, 5.41) is 3.35. The highest BCUT2D eigenvalue weighted by molar-refractivity contribution is 5.93. The molecule has 1 N–H and O–H groups in total. The van der Waals surface area contributed by atoms with Crippen LogP contribution in [-0.2, 0) is 11.3 Å². The van der Waals surface area contributed by atoms with E-state index in [2.05, 4.69) is 24.2 Å². The van der Waals surface area contributed by atoms with Crippen LogP contribution >= 0.6 is 0 Å². The number of aliphatic imine (C=N–C) groups is 1. The van der Waals surface area contributed by atoms with Crippen molar-refractivity contribution in [3.63, 3.8) is 0 Å². The molecule has 1 atom stereocenters. The Balaban J connectivity index is 1.98. The Kier molecular flexibility index (Phi) is 7.25. The molecule has 0 radical (unpaired) electrons. The van der Waals surface area contributed by atoms with Crippen molar-refractivity contribution < 1.29 is 9.53 Å². The van der Waals surface area contributed by atoms with Gasteiger partial charge >= 0.3 is 0 Å². The molecule has 138 valence electrons. The molecule has 2 rings (SSSR count). The fourth-order valence-corrected chi connectivity index (χ4v) is 2.85. The molecular formula is C19H30N4O2. The van der Waals surface area contributed by atoms with Crippen molar-refractivity contribution in [1.29, 1.82) is 0 Å². The maximum Gasteiger partial charge on any atom is 0.253 e. The lowest BCUT2D eigenvalue weighted by Crippen LogP contribution is -2.41. The molecule has 1 aromatic carbocycles. The van der Waals surface area contributed by atoms with Gasteiger partial charge in [0.15, 0.2) is 5.96 Å². The molecule has 0 saturated carbocycles. The average Bonchev–Trinajstić information content (AvgIpc) is 3.11. The van der Waals surface area contributed by atoms with E-state index < -0.39 is 0 Å². The summed E-state index contributed by atoms with van der Waals surface area (Å²) in [4.78, 5) is 20.4. The molecule has 0 aliphatic carbocycles. The van der Waals surface area contributed by atoms with Gasteiger partial charge in [-0.2, -0.15) is 0 Å². The third kappa shape index (κ3) is 5.74. The Morgan fingerprint density at radius 3 is 2.56 bits per heavy atom. The van der Waals surface area contributed by atoms with Gasteiger partial charge < -0.3 is 19.9 Å². The van der Waals surface area contributed by atoms with E-state index in [1.807, 2.05) is 24.3 Å². The number of carbonyl (C=O) groups excluding carboxylic acids is 1. The van der Waals surface area contributed by atoms with Crippen LogP contribution in [0.3, 0.4) is 0 Å². The highest BCUT2D eigenvalue weighted by Crippen LogP contribution is 2.13. The van der Waals surface area contributed by atoms with Crippen LogP contribution < -0.4 is 5.32 Å². The van der Waals surface area contributed by atoms with Gasteiger partial charge in [0.2, 0.25) is 0 Å². The van der Waals surface area contributed by atoms with Crippen LogP contribution in [0.5, 0.6) is 0 Å². The first-order valence-electron chi connectivity index (χ1n) is 8.89. The van der Waals surface area contributed by atoms with E-state index in [4.69, 9.17) is 9.73 Å². The lowest BCUT2D eigenvalue weighted by Gasteiger charge is -2.24. The summed E-state index contributed by atoms with van der Waals surface area (Å²) in [6.45, 7) is 6.14. The van der Waals surface area contributed by atoms with Gasteiger partial charge in [-0.1, -0.05) is 12.1 Å². The number of amides is 1. The molecule has 1 heterocycles. The molecule has 6 nitrogen and oxygen atoms in total. The minimum absolute atomic E-state index is 0.0157. The summed E-state index contributed by atoms with van der Waals surface area (Å²) in [5.74, 6) is 1.50. The predicted molar refractivity (Wildman–Crippen MR) is 101 cm³/mol. The first-order valence-corrected chi connectivity index (χ1v) is 8.89. The Labute approximate surface area is 150 Å². The zero-order chi connectivity index (χ0) is 18.2. The Bertz CT molecular complexity index is 578. The first kappa shape index (κ1) is 19.2. The van der Waals surface area contributed by atoms with Crippen molar-refractivity contribution in [3.05, 3.63) is 35.4 Å². The Morgan fingerprint density at radius 2 is 2.00 bits per heavy atom. The van der Waals surface area contributed by atoms with Crippen LogP contribution in [0.1, 0.15) is 29.3 Å². The molecule has 1 aliphatic heterocycles. The third-order valence-electron chi connectivity index (χ3n) is 4.27. The molecule has 0 aromatic heterocycles. The maximum absolute atomic E-state index is 11.9. The molecule has 0 spiro atoms. The van der Waals surface area contributed by atoms with Crippen LogP contribution in [0, 0.1) is 5.92 Å². The smallest absolute Gasteiger partial charge is 0.253 e. The second kappa shape index (κ2) is 9.42. The molecule has 1 saturated heterocycles. The van der Waals surface area contributed by atoms with Gasteiger partial charge in [0.05, 0.1) is 13.2 Å². The minimum atomic E-state index is 0.0157. The highest BCUT2D eigenvalue weighted by Gasteiger charge is 2.19. The first-order chi connectivity index (χ1) is 12.0. The summed E-state index contributed by atoms with van der Waals surface area (Å²) in [6, 6.07) is 7.66. The molecular weight excluding hydrogens is 316 g/mol. The summed E-state index contributed by atoms with van der Waals surface area (Å²) in [7, 11) is 5.58. The SMILES string of the molecule is CCNC(=NCc1ccc(C(=O)N(C)C)cc1)N(C)CC1CCOC1. The van der Waals surface area contributed by atoms with Gasteiger partial charge in [-0.25, -0.2) is 4.99 Å². The van der Waals surface area contributed by atoms with Crippen molar-refractivity contribution in [2.45, 2.75) is 19.9 Å². The van der Waals surface area contributed by atoms with Gasteiger partial charge in [-0.15, -0.1) is 0 Å². The summed E-state index contributed by atoms with van der Waals surface area (Å²) < 4.78 is 5.46. The van der Waals surface area contributed by atoms with E-state index in [0.29, 0.717) is 18.0 Å². The predicted octanol–water partition coefficient (Wildman–Crippen LogP) is 1.82. The third-order valence-corrected chi connectivity index (χ3v) is 4.27. The zero-order valence-corrected chi connectivity index (χ0v) is 15.8. The van der Waals surface area contributed by atoms with Crippen molar-refractivity contribution >= 4 is 11.9 Å². The Morgan fingerprint density at radius 1 is 1.28 bits per heavy atom. The second-order valence-electron chi connectivity index (χ2n) is 6.68. The van der Waals surface area contributed by atoms with Crippen molar-refractivity contribution in [2.24, 2.45) is 10.9 Å². The van der Waals surface area contributed by atoms with Gasteiger partial charge in [0.25, 0.3) is 5.91 Å². The highest BCUT2D eigenvalue weighted by atomic mass is 16.5. The number of nitrogens with zero attached hydrogens (tertiary/aromatic N) is 3. The van der Waals surface area contributed by atoms with Crippen molar-refractivity contribution in [3.8, 4) is 0 Å². The monoisotopic (exact) mass is 346 g/mol. The fourth-order valence-electron chi connectivity index (χ4n) is 2.85. The lowest BCUT2D eigenvalue weighted by molar-refractivity contribution is 0.0827. The second-order valence-corrected chi connectivity index (χ2v) is 6.68. The van der Waals surface area contributed by atoms with Gasteiger partial charge in [0, 0.05) is 52.3 Å². The van der Waals surface area contributed by atoms with E-state index in [0.717, 1.165) is 44.2 Å². The quantitative estimate of drug-likeness (QED) is 0.631. The minimum Gasteiger partial charge on any atom is -0.381 e. The fraction of sp³-hybridized carbons (Fsp3) is 0.579. The Hall–Kier alpha value is -2.08. The van der Waals surface area contributed by atoms with Crippen LogP contribution in [0.15, 0.2) is 29.3 Å². The van der Waals surface area contributed by atoms with Gasteiger partial charge in [-0.05, 0) is 31.0 Å². The van der Waals surface area contributed by atoms with Gasteiger partial charge in [0.1, 0.15) is 0 Å². The van der Waals surface area contributed by atoms with E-state index in [1.165, 1.54) is 0 Å². The number of ether oxygens (including phenoxy) is 1. The number of guanidine groups is 1. The van der Waals surface area contributed by atoms with Crippen LogP contribution in [0.4, 0.5) is 0 Å². The standard InChI is InChI=1S/C19H30N4O2/c1-5-20-19(23(4)13-16-10-11-25-14-16)21-12-15-6-8-17(9-7-15)18(24)22(2)3/h6-9,16H,5,10-14H2,1-4H3,(H,20,21). The topological polar surface area (TPSA) is 57.2 Å². The summed E-state index contributed by atoms with van der Waals surface area (Å²) in [6.07, 6.45) is 1.12. The molecule has 1 amide bonds. The van der Waals surface area contributed by atoms with Crippen LogP contribution in [0.2, 0.25) is 0 Å². The number of hydrogen-bond donors (Lipinski definition) is 1. The number of benzene rings is 1. The number of carbonyl (C=O) groups is 1. The molecule has 1 fully saturated rings. The number of nitrogens with one attached hydrogen (secondary N) is 1. The van der Waals surface area contributed by atoms with E-state index in [9.17, 15) is 4.79 Å². The van der Waals surface area contributed by atoms with Gasteiger partial charge in [-0.3, -0.25) is 4.79 Å². The molecule has 1 aromatic rings. The van der Waals surface area contributed by atoms with Crippen LogP contribution in [-0.4, -0.2) is 69.1 Å². The van der Waals surface area contributed by atoms with Crippen molar-refractivity contribution in [1.82, 2.24) is 15.1 Å². The molecule has 1 aliphatic rings. The molecule has 6 heteroatoms. The lowest BCUT2D eigenvalue weighted by atomic mass is 10.1. The maximum atomic E-state index is 11.9. The normalized spacial score (nSPS) is 17.4. The molecule has 1 unspecified atom stereocenters. The van der Waals surface area contributed by atoms with E-state index >= 15 is 0 Å². The molecule has 0 bridgehead atoms. The van der Waals surface area contributed by atoms with Crippen LogP contribution in [0.25, 0.3) is 0 Å². The van der Waals surface area contributed by atoms with E-state index in [1.54, 1.807) is 19.0 Å². The number of hydrogen-bond acceptors (Lipinski definition) is 3. The summed E-state index contributed by atoms with van der Waals surface area (Å²) >= 11 is 0. The molecule has 25 heavy (non-hydrogen) atoms. The van der Waals surface area contributed by atoms with Crippen molar-refractivity contribution in [2.75, 3.05) is 47.4 Å². The van der Waals surface area contributed by atoms with E-state index in [-0.39, 0.29) is 5.91 Å². The average molecular weight is 346 g/mol.